The molecule has 0 saturated heterocycles. The van der Waals surface area contributed by atoms with E-state index in [0.717, 1.165) is 4.47 Å². The molecule has 1 heterocycles. The number of fused-ring (bicyclic) bond motifs is 1. The summed E-state index contributed by atoms with van der Waals surface area (Å²) in [4.78, 5) is 24.6. The lowest BCUT2D eigenvalue weighted by molar-refractivity contribution is -0.384. The highest BCUT2D eigenvalue weighted by atomic mass is 79.9. The third-order valence-corrected chi connectivity index (χ3v) is 3.88. The standard InChI is InChI=1S/C16H11BrN4O5/c17-9-1-6-13-12(7-9)15(16(23)18-13)20-19-14(22)8-26-11-4-2-10(3-5-11)21(24)25/h1-7,18,23H,8H2. The molecule has 0 saturated carbocycles. The van der Waals surface area contributed by atoms with E-state index in [0.29, 0.717) is 10.9 Å². The number of rotatable bonds is 5. The van der Waals surface area contributed by atoms with Crippen molar-refractivity contribution in [2.24, 2.45) is 10.2 Å². The molecule has 10 heteroatoms. The molecule has 1 amide bonds. The van der Waals surface area contributed by atoms with Crippen LogP contribution in [-0.2, 0) is 4.79 Å². The molecule has 0 unspecified atom stereocenters. The number of nitrogens with zero attached hydrogens (tertiary/aromatic N) is 3. The fourth-order valence-electron chi connectivity index (χ4n) is 2.18. The maximum Gasteiger partial charge on any atom is 0.302 e. The Labute approximate surface area is 154 Å². The van der Waals surface area contributed by atoms with E-state index < -0.39 is 17.4 Å². The first-order valence-corrected chi connectivity index (χ1v) is 8.05. The summed E-state index contributed by atoms with van der Waals surface area (Å²) in [5.74, 6) is -0.587. The molecule has 3 aromatic rings. The van der Waals surface area contributed by atoms with Gasteiger partial charge in [0, 0.05) is 22.0 Å². The molecule has 0 fully saturated rings. The predicted octanol–water partition coefficient (Wildman–Crippen LogP) is 4.23. The van der Waals surface area contributed by atoms with Gasteiger partial charge in [-0.3, -0.25) is 14.9 Å². The van der Waals surface area contributed by atoms with Crippen LogP contribution >= 0.6 is 15.9 Å². The molecule has 26 heavy (non-hydrogen) atoms. The molecule has 0 atom stereocenters. The Morgan fingerprint density at radius 1 is 1.27 bits per heavy atom. The number of hydrogen-bond acceptors (Lipinski definition) is 6. The van der Waals surface area contributed by atoms with Crippen LogP contribution in [-0.4, -0.2) is 27.5 Å². The summed E-state index contributed by atoms with van der Waals surface area (Å²) in [6, 6.07) is 10.6. The second-order valence-electron chi connectivity index (χ2n) is 5.15. The summed E-state index contributed by atoms with van der Waals surface area (Å²) in [5, 5.41) is 28.4. The molecule has 0 bridgehead atoms. The number of aromatic nitrogens is 1. The first-order chi connectivity index (χ1) is 12.4. The van der Waals surface area contributed by atoms with Crippen LogP contribution in [0.4, 0.5) is 11.4 Å². The van der Waals surface area contributed by atoms with E-state index in [1.807, 2.05) is 0 Å². The molecular weight excluding hydrogens is 408 g/mol. The summed E-state index contributed by atoms with van der Waals surface area (Å²) in [7, 11) is 0. The number of carbonyl (C=O) groups is 1. The number of non-ortho nitro benzene ring substituents is 1. The van der Waals surface area contributed by atoms with Gasteiger partial charge in [-0.15, -0.1) is 10.2 Å². The minimum absolute atomic E-state index is 0.0793. The highest BCUT2D eigenvalue weighted by molar-refractivity contribution is 9.10. The van der Waals surface area contributed by atoms with E-state index in [4.69, 9.17) is 4.74 Å². The molecule has 132 valence electrons. The van der Waals surface area contributed by atoms with Gasteiger partial charge in [-0.2, -0.15) is 0 Å². The van der Waals surface area contributed by atoms with Gasteiger partial charge in [0.15, 0.2) is 12.3 Å². The summed E-state index contributed by atoms with van der Waals surface area (Å²) < 4.78 is 5.99. The maximum absolute atomic E-state index is 11.8. The zero-order valence-corrected chi connectivity index (χ0v) is 14.6. The number of aromatic hydroxyl groups is 1. The number of carbonyl (C=O) groups excluding carboxylic acids is 1. The van der Waals surface area contributed by atoms with E-state index in [1.165, 1.54) is 24.3 Å². The SMILES string of the molecule is O=C(COc1ccc([N+](=O)[O-])cc1)N=Nc1c(O)[nH]c2ccc(Br)cc12. The van der Waals surface area contributed by atoms with E-state index in [2.05, 4.69) is 31.1 Å². The van der Waals surface area contributed by atoms with Gasteiger partial charge in [0.05, 0.1) is 10.4 Å². The molecule has 2 N–H and O–H groups in total. The van der Waals surface area contributed by atoms with E-state index in [9.17, 15) is 20.0 Å². The Hall–Kier alpha value is -3.27. The molecule has 0 radical (unpaired) electrons. The molecule has 0 aliphatic carbocycles. The number of H-pyrrole nitrogens is 1. The van der Waals surface area contributed by atoms with Crippen LogP contribution in [0.1, 0.15) is 0 Å². The Balaban J connectivity index is 1.67. The van der Waals surface area contributed by atoms with Crippen molar-refractivity contribution in [3.8, 4) is 11.6 Å². The van der Waals surface area contributed by atoms with Gasteiger partial charge in [-0.1, -0.05) is 15.9 Å². The monoisotopic (exact) mass is 418 g/mol. The van der Waals surface area contributed by atoms with Crippen molar-refractivity contribution >= 4 is 44.1 Å². The Kier molecular flexibility index (Phi) is 4.94. The topological polar surface area (TPSA) is 130 Å². The number of ether oxygens (including phenoxy) is 1. The van der Waals surface area contributed by atoms with Crippen molar-refractivity contribution in [2.75, 3.05) is 6.61 Å². The van der Waals surface area contributed by atoms with Crippen LogP contribution in [0.25, 0.3) is 10.9 Å². The molecule has 0 spiro atoms. The van der Waals surface area contributed by atoms with Crippen molar-refractivity contribution < 1.29 is 19.6 Å². The van der Waals surface area contributed by atoms with Crippen molar-refractivity contribution in [2.45, 2.75) is 0 Å². The Bertz CT molecular complexity index is 1010. The van der Waals surface area contributed by atoms with Gasteiger partial charge >= 0.3 is 5.91 Å². The fourth-order valence-corrected chi connectivity index (χ4v) is 2.54. The Morgan fingerprint density at radius 2 is 2.00 bits per heavy atom. The van der Waals surface area contributed by atoms with Crippen LogP contribution in [0, 0.1) is 10.1 Å². The third-order valence-electron chi connectivity index (χ3n) is 3.39. The van der Waals surface area contributed by atoms with E-state index >= 15 is 0 Å². The zero-order valence-electron chi connectivity index (χ0n) is 13.0. The molecule has 9 nitrogen and oxygen atoms in total. The van der Waals surface area contributed by atoms with Crippen molar-refractivity contribution in [3.05, 3.63) is 57.1 Å². The average Bonchev–Trinajstić information content (AvgIpc) is 2.93. The van der Waals surface area contributed by atoms with Crippen LogP contribution in [0.5, 0.6) is 11.6 Å². The van der Waals surface area contributed by atoms with Gasteiger partial charge < -0.3 is 14.8 Å². The quantitative estimate of drug-likeness (QED) is 0.363. The Morgan fingerprint density at radius 3 is 2.69 bits per heavy atom. The fraction of sp³-hybridized carbons (Fsp3) is 0.0625. The second-order valence-corrected chi connectivity index (χ2v) is 6.06. The highest BCUT2D eigenvalue weighted by Gasteiger charge is 2.12. The number of nitro groups is 1. The minimum atomic E-state index is -0.674. The van der Waals surface area contributed by atoms with Crippen LogP contribution < -0.4 is 4.74 Å². The molecule has 2 aromatic carbocycles. The molecule has 0 aliphatic heterocycles. The van der Waals surface area contributed by atoms with Gasteiger partial charge in [0.2, 0.25) is 5.88 Å². The maximum atomic E-state index is 11.8. The lowest BCUT2D eigenvalue weighted by atomic mass is 10.2. The van der Waals surface area contributed by atoms with Gasteiger partial charge in [0.1, 0.15) is 5.75 Å². The highest BCUT2D eigenvalue weighted by Crippen LogP contribution is 2.36. The van der Waals surface area contributed by atoms with Crippen LogP contribution in [0.3, 0.4) is 0 Å². The minimum Gasteiger partial charge on any atom is -0.493 e. The molecule has 1 aromatic heterocycles. The summed E-state index contributed by atoms with van der Waals surface area (Å²) >= 11 is 3.32. The number of amides is 1. The van der Waals surface area contributed by atoms with E-state index in [-0.39, 0.29) is 23.0 Å². The lowest BCUT2D eigenvalue weighted by Gasteiger charge is -2.02. The van der Waals surface area contributed by atoms with Crippen molar-refractivity contribution in [1.29, 1.82) is 0 Å². The number of hydrogen-bond donors (Lipinski definition) is 2. The molecule has 3 rings (SSSR count). The van der Waals surface area contributed by atoms with Gasteiger partial charge in [-0.25, -0.2) is 0 Å². The zero-order chi connectivity index (χ0) is 18.7. The largest absolute Gasteiger partial charge is 0.493 e. The summed E-state index contributed by atoms with van der Waals surface area (Å²) in [6.45, 7) is -0.395. The lowest BCUT2D eigenvalue weighted by Crippen LogP contribution is -2.07. The first-order valence-electron chi connectivity index (χ1n) is 7.26. The van der Waals surface area contributed by atoms with Gasteiger partial charge in [0.25, 0.3) is 5.69 Å². The van der Waals surface area contributed by atoms with Crippen molar-refractivity contribution in [1.82, 2.24) is 4.98 Å². The molecular formula is C16H11BrN4O5. The predicted molar refractivity (Wildman–Crippen MR) is 95.8 cm³/mol. The smallest absolute Gasteiger partial charge is 0.302 e. The summed E-state index contributed by atoms with van der Waals surface area (Å²) in [6.07, 6.45) is 0. The third kappa shape index (κ3) is 3.86. The number of nitro benzene ring substituents is 1. The number of azo groups is 1. The van der Waals surface area contributed by atoms with Gasteiger partial charge in [-0.05, 0) is 30.3 Å². The second kappa shape index (κ2) is 7.31. The number of benzene rings is 2. The van der Waals surface area contributed by atoms with Crippen molar-refractivity contribution in [3.63, 3.8) is 0 Å². The van der Waals surface area contributed by atoms with Crippen LogP contribution in [0.2, 0.25) is 0 Å². The number of nitrogens with one attached hydrogen (secondary N) is 1. The van der Waals surface area contributed by atoms with Crippen LogP contribution in [0.15, 0.2) is 57.2 Å². The number of halogens is 1. The average molecular weight is 419 g/mol. The molecule has 0 aliphatic rings. The summed E-state index contributed by atoms with van der Waals surface area (Å²) in [5.41, 5.74) is 0.712. The first kappa shape index (κ1) is 17.5. The number of aromatic amines is 1. The normalized spacial score (nSPS) is 11.1. The van der Waals surface area contributed by atoms with E-state index in [1.54, 1.807) is 18.2 Å².